The number of nitrogens with zero attached hydrogens (tertiary/aromatic N) is 2. The zero-order valence-electron chi connectivity index (χ0n) is 10.2. The van der Waals surface area contributed by atoms with Gasteiger partial charge in [-0.1, -0.05) is 0 Å². The Hall–Kier alpha value is -2.64. The van der Waals surface area contributed by atoms with Crippen LogP contribution in [0.1, 0.15) is 0 Å². The zero-order valence-corrected chi connectivity index (χ0v) is 10.2. The average molecular weight is 299 g/mol. The molecule has 3 aromatic rings. The number of nitrogen functional groups attached to an aromatic ring is 1. The van der Waals surface area contributed by atoms with Gasteiger partial charge in [-0.05, 0) is 12.1 Å². The van der Waals surface area contributed by atoms with Crippen LogP contribution in [0, 0.1) is 29.1 Å². The van der Waals surface area contributed by atoms with Crippen molar-refractivity contribution in [1.29, 1.82) is 0 Å². The lowest BCUT2D eigenvalue weighted by atomic mass is 10.2. The maximum absolute atomic E-state index is 13.8. The van der Waals surface area contributed by atoms with Crippen LogP contribution >= 0.6 is 0 Å². The van der Waals surface area contributed by atoms with E-state index in [1.165, 1.54) is 6.07 Å². The van der Waals surface area contributed by atoms with Crippen molar-refractivity contribution in [2.45, 2.75) is 0 Å². The average Bonchev–Trinajstić information content (AvgIpc) is 2.73. The van der Waals surface area contributed by atoms with E-state index in [0.29, 0.717) is 4.57 Å². The molecule has 0 amide bonds. The summed E-state index contributed by atoms with van der Waals surface area (Å²) in [5.74, 6) is -7.64. The van der Waals surface area contributed by atoms with Gasteiger partial charge in [-0.25, -0.2) is 26.9 Å². The van der Waals surface area contributed by atoms with Gasteiger partial charge < -0.3 is 5.73 Å². The summed E-state index contributed by atoms with van der Waals surface area (Å²) < 4.78 is 68.2. The van der Waals surface area contributed by atoms with Crippen LogP contribution < -0.4 is 5.73 Å². The fourth-order valence-corrected chi connectivity index (χ4v) is 2.06. The van der Waals surface area contributed by atoms with Gasteiger partial charge in [-0.3, -0.25) is 4.57 Å². The number of fused-ring (bicyclic) bond motifs is 1. The molecule has 108 valence electrons. The highest BCUT2D eigenvalue weighted by Crippen LogP contribution is 2.29. The van der Waals surface area contributed by atoms with E-state index in [2.05, 4.69) is 4.98 Å². The van der Waals surface area contributed by atoms with Crippen LogP contribution in [0.15, 0.2) is 24.3 Å². The van der Waals surface area contributed by atoms with Gasteiger partial charge in [-0.15, -0.1) is 0 Å². The normalized spacial score (nSPS) is 11.3. The molecule has 0 radical (unpaired) electrons. The van der Waals surface area contributed by atoms with Crippen molar-refractivity contribution in [3.63, 3.8) is 0 Å². The summed E-state index contributed by atoms with van der Waals surface area (Å²) in [6, 6.07) is 3.27. The lowest BCUT2D eigenvalue weighted by molar-refractivity contribution is 0.449. The van der Waals surface area contributed by atoms with Gasteiger partial charge in [0.2, 0.25) is 5.95 Å². The Bertz CT molecular complexity index is 846. The molecule has 0 fully saturated rings. The SMILES string of the molecule is Nc1nc2ccc(F)cc2n1-c1c(F)c(F)cc(F)c1F. The molecule has 0 aliphatic heterocycles. The second-order valence-electron chi connectivity index (χ2n) is 4.26. The number of halogens is 5. The van der Waals surface area contributed by atoms with E-state index in [1.54, 1.807) is 0 Å². The Morgan fingerprint density at radius 3 is 2.14 bits per heavy atom. The first-order valence-electron chi connectivity index (χ1n) is 5.67. The Labute approximate surface area is 114 Å². The van der Waals surface area contributed by atoms with E-state index in [0.717, 1.165) is 12.1 Å². The number of benzene rings is 2. The van der Waals surface area contributed by atoms with Crippen LogP contribution in [0.5, 0.6) is 0 Å². The van der Waals surface area contributed by atoms with E-state index >= 15 is 0 Å². The Balaban J connectivity index is 2.46. The van der Waals surface area contributed by atoms with Crippen molar-refractivity contribution in [3.05, 3.63) is 53.4 Å². The van der Waals surface area contributed by atoms with Gasteiger partial charge >= 0.3 is 0 Å². The molecule has 0 saturated heterocycles. The number of rotatable bonds is 1. The number of hydrogen-bond acceptors (Lipinski definition) is 2. The van der Waals surface area contributed by atoms with Crippen LogP contribution in [0.3, 0.4) is 0 Å². The van der Waals surface area contributed by atoms with Crippen LogP contribution in [0.4, 0.5) is 27.9 Å². The monoisotopic (exact) mass is 299 g/mol. The van der Waals surface area contributed by atoms with E-state index < -0.39 is 40.7 Å². The van der Waals surface area contributed by atoms with Crippen LogP contribution in [0.2, 0.25) is 0 Å². The van der Waals surface area contributed by atoms with Gasteiger partial charge in [0.05, 0.1) is 11.0 Å². The lowest BCUT2D eigenvalue weighted by Gasteiger charge is -2.10. The summed E-state index contributed by atoms with van der Waals surface area (Å²) in [4.78, 5) is 3.77. The second-order valence-corrected chi connectivity index (χ2v) is 4.26. The molecule has 2 aromatic carbocycles. The Morgan fingerprint density at radius 2 is 1.52 bits per heavy atom. The number of anilines is 1. The van der Waals surface area contributed by atoms with Crippen molar-refractivity contribution in [3.8, 4) is 5.69 Å². The van der Waals surface area contributed by atoms with Crippen molar-refractivity contribution >= 4 is 17.0 Å². The maximum atomic E-state index is 13.8. The summed E-state index contributed by atoms with van der Waals surface area (Å²) in [5.41, 5.74) is 4.45. The van der Waals surface area contributed by atoms with Crippen LogP contribution in [0.25, 0.3) is 16.7 Å². The molecule has 0 saturated carbocycles. The molecule has 3 rings (SSSR count). The molecule has 1 heterocycles. The molecule has 1 aromatic heterocycles. The molecule has 0 aliphatic carbocycles. The molecule has 8 heteroatoms. The molecular weight excluding hydrogens is 293 g/mol. The number of hydrogen-bond donors (Lipinski definition) is 1. The predicted molar refractivity (Wildman–Crippen MR) is 65.3 cm³/mol. The first-order valence-corrected chi connectivity index (χ1v) is 5.67. The standard InChI is InChI=1S/C13H6F5N3/c14-5-1-2-8-9(3-5)21(13(19)20-8)12-10(17)6(15)4-7(16)11(12)18/h1-4H,(H2,19,20). The Kier molecular flexibility index (Phi) is 2.82. The van der Waals surface area contributed by atoms with E-state index in [-0.39, 0.29) is 17.1 Å². The van der Waals surface area contributed by atoms with Crippen molar-refractivity contribution < 1.29 is 22.0 Å². The molecule has 2 N–H and O–H groups in total. The smallest absolute Gasteiger partial charge is 0.206 e. The molecule has 0 unspecified atom stereocenters. The minimum atomic E-state index is -1.65. The summed E-state index contributed by atoms with van der Waals surface area (Å²) in [6.07, 6.45) is 0. The summed E-state index contributed by atoms with van der Waals surface area (Å²) in [6.45, 7) is 0. The van der Waals surface area contributed by atoms with Gasteiger partial charge in [-0.2, -0.15) is 0 Å². The molecule has 21 heavy (non-hydrogen) atoms. The van der Waals surface area contributed by atoms with E-state index in [1.807, 2.05) is 0 Å². The molecule has 0 aliphatic rings. The highest BCUT2D eigenvalue weighted by molar-refractivity contribution is 5.81. The third-order valence-corrected chi connectivity index (χ3v) is 2.95. The number of nitrogens with two attached hydrogens (primary N) is 1. The molecule has 0 atom stereocenters. The van der Waals surface area contributed by atoms with Crippen molar-refractivity contribution in [2.75, 3.05) is 5.73 Å². The fourth-order valence-electron chi connectivity index (χ4n) is 2.06. The van der Waals surface area contributed by atoms with Gasteiger partial charge in [0.1, 0.15) is 11.5 Å². The first kappa shape index (κ1) is 13.3. The van der Waals surface area contributed by atoms with Gasteiger partial charge in [0, 0.05) is 12.1 Å². The van der Waals surface area contributed by atoms with Crippen LogP contribution in [-0.2, 0) is 0 Å². The summed E-state index contributed by atoms with van der Waals surface area (Å²) in [7, 11) is 0. The van der Waals surface area contributed by atoms with E-state index in [4.69, 9.17) is 5.73 Å². The van der Waals surface area contributed by atoms with Crippen molar-refractivity contribution in [2.24, 2.45) is 0 Å². The number of aromatic nitrogens is 2. The lowest BCUT2D eigenvalue weighted by Crippen LogP contribution is -2.09. The zero-order chi connectivity index (χ0) is 15.3. The van der Waals surface area contributed by atoms with E-state index in [9.17, 15) is 22.0 Å². The van der Waals surface area contributed by atoms with Gasteiger partial charge in [0.15, 0.2) is 23.3 Å². The third-order valence-electron chi connectivity index (χ3n) is 2.95. The first-order chi connectivity index (χ1) is 9.90. The molecular formula is C13H6F5N3. The summed E-state index contributed by atoms with van der Waals surface area (Å²) >= 11 is 0. The third kappa shape index (κ3) is 1.91. The van der Waals surface area contributed by atoms with Crippen molar-refractivity contribution in [1.82, 2.24) is 9.55 Å². The van der Waals surface area contributed by atoms with Gasteiger partial charge in [0.25, 0.3) is 0 Å². The molecule has 3 nitrogen and oxygen atoms in total. The topological polar surface area (TPSA) is 43.8 Å². The summed E-state index contributed by atoms with van der Waals surface area (Å²) in [5, 5.41) is 0. The largest absolute Gasteiger partial charge is 0.369 e. The predicted octanol–water partition coefficient (Wildman–Crippen LogP) is 3.30. The fraction of sp³-hybridized carbons (Fsp3) is 0. The quantitative estimate of drug-likeness (QED) is 0.553. The molecule has 0 spiro atoms. The minimum absolute atomic E-state index is 0.0735. The minimum Gasteiger partial charge on any atom is -0.369 e. The van der Waals surface area contributed by atoms with Crippen LogP contribution in [-0.4, -0.2) is 9.55 Å². The highest BCUT2D eigenvalue weighted by Gasteiger charge is 2.24. The molecule has 0 bridgehead atoms. The highest BCUT2D eigenvalue weighted by atomic mass is 19.2. The number of imidazole rings is 1. The Morgan fingerprint density at radius 1 is 0.905 bits per heavy atom. The second kappa shape index (κ2) is 4.44. The maximum Gasteiger partial charge on any atom is 0.206 e.